The van der Waals surface area contributed by atoms with Crippen LogP contribution in [0.1, 0.15) is 40.0 Å². The molecule has 0 aliphatic heterocycles. The van der Waals surface area contributed by atoms with Crippen molar-refractivity contribution in [3.8, 4) is 11.5 Å². The third-order valence-corrected chi connectivity index (χ3v) is 3.68. The lowest BCUT2D eigenvalue weighted by molar-refractivity contribution is -0.116. The molecule has 1 unspecified atom stereocenters. The summed E-state index contributed by atoms with van der Waals surface area (Å²) in [6.45, 7) is 6.33. The first-order chi connectivity index (χ1) is 10.5. The van der Waals surface area contributed by atoms with Crippen LogP contribution in [0.5, 0.6) is 11.5 Å². The van der Waals surface area contributed by atoms with Crippen LogP contribution in [0.2, 0.25) is 0 Å². The van der Waals surface area contributed by atoms with Gasteiger partial charge in [-0.05, 0) is 31.9 Å². The van der Waals surface area contributed by atoms with Crippen LogP contribution in [0.4, 0.5) is 5.69 Å². The first-order valence-electron chi connectivity index (χ1n) is 7.81. The number of carbonyl (C=O) groups excluding carboxylic acids is 1. The highest BCUT2D eigenvalue weighted by molar-refractivity contribution is 5.92. The summed E-state index contributed by atoms with van der Waals surface area (Å²) in [5.41, 5.74) is 0.656. The van der Waals surface area contributed by atoms with Crippen LogP contribution >= 0.6 is 0 Å². The van der Waals surface area contributed by atoms with Crippen molar-refractivity contribution in [3.63, 3.8) is 0 Å². The Bertz CT molecular complexity index is 473. The lowest BCUT2D eigenvalue weighted by Crippen LogP contribution is -2.38. The molecule has 0 spiro atoms. The van der Waals surface area contributed by atoms with Gasteiger partial charge in [0, 0.05) is 24.6 Å². The molecule has 0 heterocycles. The molecule has 1 aromatic carbocycles. The average Bonchev–Trinajstić information content (AvgIpc) is 2.52. The van der Waals surface area contributed by atoms with E-state index in [2.05, 4.69) is 24.5 Å². The zero-order valence-corrected chi connectivity index (χ0v) is 14.2. The number of methoxy groups -OCH3 is 2. The van der Waals surface area contributed by atoms with Gasteiger partial charge in [-0.3, -0.25) is 4.79 Å². The Hall–Kier alpha value is -1.75. The number of hydrogen-bond acceptors (Lipinski definition) is 4. The van der Waals surface area contributed by atoms with E-state index in [9.17, 15) is 4.79 Å². The van der Waals surface area contributed by atoms with Crippen molar-refractivity contribution >= 4 is 11.6 Å². The molecule has 1 atom stereocenters. The zero-order valence-electron chi connectivity index (χ0n) is 14.2. The van der Waals surface area contributed by atoms with E-state index in [1.807, 2.05) is 6.92 Å². The van der Waals surface area contributed by atoms with E-state index in [1.54, 1.807) is 32.4 Å². The fourth-order valence-corrected chi connectivity index (χ4v) is 2.37. The van der Waals surface area contributed by atoms with Gasteiger partial charge in [-0.2, -0.15) is 0 Å². The second-order valence-electron chi connectivity index (χ2n) is 5.40. The highest BCUT2D eigenvalue weighted by Gasteiger charge is 2.14. The minimum Gasteiger partial charge on any atom is -0.497 e. The molecule has 1 rings (SSSR count). The third-order valence-electron chi connectivity index (χ3n) is 3.68. The molecule has 124 valence electrons. The van der Waals surface area contributed by atoms with Crippen LogP contribution in [0.3, 0.4) is 0 Å². The molecular formula is C17H28N2O3. The molecule has 5 nitrogen and oxygen atoms in total. The van der Waals surface area contributed by atoms with Gasteiger partial charge in [0.25, 0.3) is 0 Å². The van der Waals surface area contributed by atoms with Gasteiger partial charge in [0.2, 0.25) is 5.91 Å². The maximum Gasteiger partial charge on any atom is 0.226 e. The fourth-order valence-electron chi connectivity index (χ4n) is 2.37. The van der Waals surface area contributed by atoms with Crippen LogP contribution in [0.15, 0.2) is 18.2 Å². The van der Waals surface area contributed by atoms with Crippen molar-refractivity contribution in [2.45, 2.75) is 52.1 Å². The number of amides is 1. The van der Waals surface area contributed by atoms with Gasteiger partial charge < -0.3 is 20.1 Å². The SMILES string of the molecule is CCC(CC)NC(C)CC(=O)Nc1ccc(OC)cc1OC. The maximum atomic E-state index is 12.2. The molecule has 0 saturated carbocycles. The second kappa shape index (κ2) is 9.30. The summed E-state index contributed by atoms with van der Waals surface area (Å²) in [7, 11) is 3.17. The van der Waals surface area contributed by atoms with Gasteiger partial charge in [0.05, 0.1) is 19.9 Å². The van der Waals surface area contributed by atoms with Crippen LogP contribution in [0.25, 0.3) is 0 Å². The topological polar surface area (TPSA) is 59.6 Å². The number of ether oxygens (including phenoxy) is 2. The number of carbonyl (C=O) groups is 1. The number of nitrogens with one attached hydrogen (secondary N) is 2. The van der Waals surface area contributed by atoms with Gasteiger partial charge in [-0.25, -0.2) is 0 Å². The first-order valence-corrected chi connectivity index (χ1v) is 7.81. The van der Waals surface area contributed by atoms with Gasteiger partial charge >= 0.3 is 0 Å². The summed E-state index contributed by atoms with van der Waals surface area (Å²) < 4.78 is 10.4. The minimum absolute atomic E-state index is 0.0329. The molecule has 1 aromatic rings. The molecule has 5 heteroatoms. The van der Waals surface area contributed by atoms with E-state index in [4.69, 9.17) is 9.47 Å². The standard InChI is InChI=1S/C17H28N2O3/c1-6-13(7-2)18-12(3)10-17(20)19-15-9-8-14(21-4)11-16(15)22-5/h8-9,11-13,18H,6-7,10H2,1-5H3,(H,19,20). The van der Waals surface area contributed by atoms with E-state index >= 15 is 0 Å². The zero-order chi connectivity index (χ0) is 16.5. The maximum absolute atomic E-state index is 12.2. The van der Waals surface area contributed by atoms with Crippen molar-refractivity contribution in [2.75, 3.05) is 19.5 Å². The Kier molecular flexibility index (Phi) is 7.74. The van der Waals surface area contributed by atoms with Crippen molar-refractivity contribution < 1.29 is 14.3 Å². The summed E-state index contributed by atoms with van der Waals surface area (Å²) in [4.78, 5) is 12.2. The molecule has 0 radical (unpaired) electrons. The molecule has 2 N–H and O–H groups in total. The Morgan fingerprint density at radius 1 is 1.18 bits per heavy atom. The third kappa shape index (κ3) is 5.56. The first kappa shape index (κ1) is 18.3. The van der Waals surface area contributed by atoms with Crippen molar-refractivity contribution in [2.24, 2.45) is 0 Å². The highest BCUT2D eigenvalue weighted by Crippen LogP contribution is 2.29. The molecule has 0 bridgehead atoms. The molecule has 1 amide bonds. The average molecular weight is 308 g/mol. The van der Waals surface area contributed by atoms with E-state index in [0.717, 1.165) is 12.8 Å². The van der Waals surface area contributed by atoms with E-state index < -0.39 is 0 Å². The monoisotopic (exact) mass is 308 g/mol. The quantitative estimate of drug-likeness (QED) is 0.735. The van der Waals surface area contributed by atoms with Gasteiger partial charge in [0.15, 0.2) is 0 Å². The normalized spacial score (nSPS) is 12.1. The fraction of sp³-hybridized carbons (Fsp3) is 0.588. The lowest BCUT2D eigenvalue weighted by atomic mass is 10.1. The summed E-state index contributed by atoms with van der Waals surface area (Å²) in [6, 6.07) is 5.92. The predicted octanol–water partition coefficient (Wildman–Crippen LogP) is 3.20. The van der Waals surface area contributed by atoms with E-state index in [0.29, 0.717) is 29.6 Å². The summed E-state index contributed by atoms with van der Waals surface area (Å²) in [5, 5.41) is 6.36. The second-order valence-corrected chi connectivity index (χ2v) is 5.40. The van der Waals surface area contributed by atoms with Gasteiger partial charge in [-0.15, -0.1) is 0 Å². The Morgan fingerprint density at radius 2 is 1.86 bits per heavy atom. The largest absolute Gasteiger partial charge is 0.497 e. The molecule has 0 saturated heterocycles. The molecule has 0 aliphatic rings. The summed E-state index contributed by atoms with van der Waals surface area (Å²) >= 11 is 0. The van der Waals surface area contributed by atoms with Crippen LogP contribution in [-0.2, 0) is 4.79 Å². The number of rotatable bonds is 9. The minimum atomic E-state index is -0.0329. The number of anilines is 1. The number of benzene rings is 1. The predicted molar refractivity (Wildman–Crippen MR) is 89.8 cm³/mol. The Labute approximate surface area is 133 Å². The van der Waals surface area contributed by atoms with Crippen LogP contribution in [0, 0.1) is 0 Å². The summed E-state index contributed by atoms with van der Waals surface area (Å²) in [5.74, 6) is 1.25. The van der Waals surface area contributed by atoms with Gasteiger partial charge in [-0.1, -0.05) is 13.8 Å². The Balaban J connectivity index is 2.61. The molecule has 0 fully saturated rings. The molecule has 22 heavy (non-hydrogen) atoms. The van der Waals surface area contributed by atoms with Crippen LogP contribution < -0.4 is 20.1 Å². The van der Waals surface area contributed by atoms with Crippen molar-refractivity contribution in [1.82, 2.24) is 5.32 Å². The molecule has 0 aromatic heterocycles. The van der Waals surface area contributed by atoms with Gasteiger partial charge in [0.1, 0.15) is 11.5 Å². The van der Waals surface area contributed by atoms with Crippen LogP contribution in [-0.4, -0.2) is 32.2 Å². The highest BCUT2D eigenvalue weighted by atomic mass is 16.5. The van der Waals surface area contributed by atoms with E-state index in [1.165, 1.54) is 0 Å². The molecular weight excluding hydrogens is 280 g/mol. The lowest BCUT2D eigenvalue weighted by Gasteiger charge is -2.21. The number of hydrogen-bond donors (Lipinski definition) is 2. The van der Waals surface area contributed by atoms with E-state index in [-0.39, 0.29) is 11.9 Å². The Morgan fingerprint density at radius 3 is 2.41 bits per heavy atom. The molecule has 0 aliphatic carbocycles. The summed E-state index contributed by atoms with van der Waals surface area (Å²) in [6.07, 6.45) is 2.55. The van der Waals surface area contributed by atoms with Crippen molar-refractivity contribution in [1.29, 1.82) is 0 Å². The van der Waals surface area contributed by atoms with Crippen molar-refractivity contribution in [3.05, 3.63) is 18.2 Å². The smallest absolute Gasteiger partial charge is 0.226 e.